The van der Waals surface area contributed by atoms with E-state index in [0.717, 1.165) is 25.7 Å². The summed E-state index contributed by atoms with van der Waals surface area (Å²) in [7, 11) is 0. The number of carbonyl (C=O) groups excluding carboxylic acids is 2. The summed E-state index contributed by atoms with van der Waals surface area (Å²) in [4.78, 5) is 27.4. The molecule has 0 bridgehead atoms. The van der Waals surface area contributed by atoms with E-state index in [4.69, 9.17) is 0 Å². The van der Waals surface area contributed by atoms with Crippen LogP contribution in [0.15, 0.2) is 24.5 Å². The zero-order valence-electron chi connectivity index (χ0n) is 9.19. The van der Waals surface area contributed by atoms with Crippen molar-refractivity contribution in [2.24, 2.45) is 5.92 Å². The Balaban J connectivity index is 1.94. The first-order valence-electron chi connectivity index (χ1n) is 5.73. The molecule has 0 spiro atoms. The van der Waals surface area contributed by atoms with Gasteiger partial charge in [0.05, 0.1) is 6.42 Å². The van der Waals surface area contributed by atoms with Gasteiger partial charge in [-0.2, -0.15) is 0 Å². The first-order valence-corrected chi connectivity index (χ1v) is 5.73. The molecule has 0 radical (unpaired) electrons. The van der Waals surface area contributed by atoms with E-state index >= 15 is 0 Å². The van der Waals surface area contributed by atoms with Crippen LogP contribution in [0.1, 0.15) is 42.5 Å². The lowest BCUT2D eigenvalue weighted by Gasteiger charge is -2.06. The Bertz CT molecular complexity index is 380. The minimum Gasteiger partial charge on any atom is -0.299 e. The Morgan fingerprint density at radius 2 is 2.06 bits per heavy atom. The van der Waals surface area contributed by atoms with E-state index < -0.39 is 0 Å². The summed E-state index contributed by atoms with van der Waals surface area (Å²) in [5.41, 5.74) is 0.536. The summed E-state index contributed by atoms with van der Waals surface area (Å²) in [6, 6.07) is 3.42. The Labute approximate surface area is 94.9 Å². The van der Waals surface area contributed by atoms with E-state index in [-0.39, 0.29) is 23.9 Å². The lowest BCUT2D eigenvalue weighted by Crippen LogP contribution is -2.15. The minimum atomic E-state index is -0.106. The molecule has 3 nitrogen and oxygen atoms in total. The second-order valence-corrected chi connectivity index (χ2v) is 4.29. The number of ketones is 2. The summed E-state index contributed by atoms with van der Waals surface area (Å²) < 4.78 is 0. The maximum atomic E-state index is 11.8. The highest BCUT2D eigenvalue weighted by Crippen LogP contribution is 2.26. The van der Waals surface area contributed by atoms with Crippen LogP contribution in [0.5, 0.6) is 0 Å². The predicted octanol–water partition coefficient (Wildman–Crippen LogP) is 2.41. The van der Waals surface area contributed by atoms with E-state index in [9.17, 15) is 9.59 Å². The van der Waals surface area contributed by atoms with Gasteiger partial charge in [-0.3, -0.25) is 14.6 Å². The summed E-state index contributed by atoms with van der Waals surface area (Å²) in [6.45, 7) is 0. The van der Waals surface area contributed by atoms with Crippen LogP contribution in [-0.4, -0.2) is 16.6 Å². The highest BCUT2D eigenvalue weighted by atomic mass is 16.1. The third-order valence-corrected chi connectivity index (χ3v) is 3.13. The molecule has 0 amide bonds. The first-order chi connectivity index (χ1) is 7.77. The Kier molecular flexibility index (Phi) is 3.44. The fourth-order valence-corrected chi connectivity index (χ4v) is 2.18. The number of carbonyl (C=O) groups is 2. The third-order valence-electron chi connectivity index (χ3n) is 3.13. The topological polar surface area (TPSA) is 47.0 Å². The van der Waals surface area contributed by atoms with E-state index in [2.05, 4.69) is 4.98 Å². The number of aromatic nitrogens is 1. The zero-order valence-corrected chi connectivity index (χ0v) is 9.19. The second kappa shape index (κ2) is 5.01. The number of hydrogen-bond acceptors (Lipinski definition) is 3. The van der Waals surface area contributed by atoms with Gasteiger partial charge in [0, 0.05) is 23.9 Å². The molecule has 3 heteroatoms. The maximum Gasteiger partial charge on any atom is 0.171 e. The van der Waals surface area contributed by atoms with Crippen LogP contribution in [0.3, 0.4) is 0 Å². The fraction of sp³-hybridized carbons (Fsp3) is 0.462. The highest BCUT2D eigenvalue weighted by Gasteiger charge is 2.24. The molecule has 84 valence electrons. The van der Waals surface area contributed by atoms with Gasteiger partial charge in [0.25, 0.3) is 0 Å². The molecule has 1 aliphatic rings. The monoisotopic (exact) mass is 217 g/mol. The number of pyridine rings is 1. The number of Topliss-reactive ketones (excluding diaryl/α,β-unsaturated/α-hetero) is 2. The van der Waals surface area contributed by atoms with Crippen LogP contribution < -0.4 is 0 Å². The molecule has 0 aromatic carbocycles. The minimum absolute atomic E-state index is 0.0381. The van der Waals surface area contributed by atoms with Gasteiger partial charge < -0.3 is 0 Å². The molecule has 0 atom stereocenters. The van der Waals surface area contributed by atoms with E-state index in [1.807, 2.05) is 0 Å². The van der Waals surface area contributed by atoms with Gasteiger partial charge in [-0.05, 0) is 25.0 Å². The lowest BCUT2D eigenvalue weighted by molar-refractivity contribution is -0.121. The van der Waals surface area contributed by atoms with Crippen LogP contribution in [0, 0.1) is 5.92 Å². The van der Waals surface area contributed by atoms with Gasteiger partial charge in [-0.15, -0.1) is 0 Å². The van der Waals surface area contributed by atoms with Gasteiger partial charge in [0.2, 0.25) is 0 Å². The van der Waals surface area contributed by atoms with Crippen molar-refractivity contribution in [3.8, 4) is 0 Å². The normalized spacial score (nSPS) is 16.2. The molecule has 0 aliphatic heterocycles. The largest absolute Gasteiger partial charge is 0.299 e. The van der Waals surface area contributed by atoms with Gasteiger partial charge >= 0.3 is 0 Å². The Hall–Kier alpha value is -1.51. The van der Waals surface area contributed by atoms with Crippen LogP contribution in [0.2, 0.25) is 0 Å². The molecule has 1 fully saturated rings. The quantitative estimate of drug-likeness (QED) is 0.574. The molecule has 0 saturated heterocycles. The van der Waals surface area contributed by atoms with Crippen molar-refractivity contribution >= 4 is 11.6 Å². The van der Waals surface area contributed by atoms with Gasteiger partial charge in [0.15, 0.2) is 5.78 Å². The summed E-state index contributed by atoms with van der Waals surface area (Å²) in [5, 5.41) is 0. The van der Waals surface area contributed by atoms with Crippen LogP contribution in [0.4, 0.5) is 0 Å². The highest BCUT2D eigenvalue weighted by molar-refractivity contribution is 6.08. The summed E-state index contributed by atoms with van der Waals surface area (Å²) in [5.74, 6) is 0.122. The number of nitrogens with zero attached hydrogens (tertiary/aromatic N) is 1. The van der Waals surface area contributed by atoms with Crippen LogP contribution in [0.25, 0.3) is 0 Å². The molecule has 0 unspecified atom stereocenters. The molecular weight excluding hydrogens is 202 g/mol. The molecular formula is C13H15NO2. The average Bonchev–Trinajstić information content (AvgIpc) is 2.83. The van der Waals surface area contributed by atoms with Crippen molar-refractivity contribution in [3.05, 3.63) is 30.1 Å². The molecule has 0 N–H and O–H groups in total. The average molecular weight is 217 g/mol. The van der Waals surface area contributed by atoms with Gasteiger partial charge in [-0.25, -0.2) is 0 Å². The van der Waals surface area contributed by atoms with E-state index in [0.29, 0.717) is 5.56 Å². The van der Waals surface area contributed by atoms with E-state index in [1.54, 1.807) is 18.3 Å². The molecule has 1 saturated carbocycles. The Morgan fingerprint density at radius 3 is 2.69 bits per heavy atom. The van der Waals surface area contributed by atoms with Crippen molar-refractivity contribution in [3.63, 3.8) is 0 Å². The van der Waals surface area contributed by atoms with E-state index in [1.165, 1.54) is 6.20 Å². The van der Waals surface area contributed by atoms with Crippen LogP contribution in [-0.2, 0) is 4.79 Å². The Morgan fingerprint density at radius 1 is 1.31 bits per heavy atom. The molecule has 16 heavy (non-hydrogen) atoms. The molecule has 1 aliphatic carbocycles. The SMILES string of the molecule is O=C(CC(=O)C1CCCC1)c1cccnc1. The van der Waals surface area contributed by atoms with Crippen molar-refractivity contribution in [1.82, 2.24) is 4.98 Å². The molecule has 1 aromatic heterocycles. The molecule has 1 heterocycles. The lowest BCUT2D eigenvalue weighted by atomic mass is 9.96. The second-order valence-electron chi connectivity index (χ2n) is 4.29. The van der Waals surface area contributed by atoms with Crippen molar-refractivity contribution in [1.29, 1.82) is 0 Å². The van der Waals surface area contributed by atoms with Crippen molar-refractivity contribution in [2.75, 3.05) is 0 Å². The predicted molar refractivity (Wildman–Crippen MR) is 60.1 cm³/mol. The van der Waals surface area contributed by atoms with Gasteiger partial charge in [-0.1, -0.05) is 12.8 Å². The van der Waals surface area contributed by atoms with Crippen molar-refractivity contribution in [2.45, 2.75) is 32.1 Å². The fourth-order valence-electron chi connectivity index (χ4n) is 2.18. The van der Waals surface area contributed by atoms with Gasteiger partial charge in [0.1, 0.15) is 5.78 Å². The summed E-state index contributed by atoms with van der Waals surface area (Å²) in [6.07, 6.45) is 7.34. The standard InChI is InChI=1S/C13H15NO2/c15-12(10-4-1-2-5-10)8-13(16)11-6-3-7-14-9-11/h3,6-7,9-10H,1-2,4-5,8H2. The number of rotatable bonds is 4. The maximum absolute atomic E-state index is 11.8. The third kappa shape index (κ3) is 2.54. The molecule has 2 rings (SSSR count). The smallest absolute Gasteiger partial charge is 0.171 e. The summed E-state index contributed by atoms with van der Waals surface area (Å²) >= 11 is 0. The van der Waals surface area contributed by atoms with Crippen molar-refractivity contribution < 1.29 is 9.59 Å². The van der Waals surface area contributed by atoms with Crippen LogP contribution >= 0.6 is 0 Å². The zero-order chi connectivity index (χ0) is 11.4. The number of hydrogen-bond donors (Lipinski definition) is 0. The molecule has 1 aromatic rings. The first kappa shape index (κ1) is 11.0.